The van der Waals surface area contributed by atoms with Gasteiger partial charge in [-0.15, -0.1) is 0 Å². The molecule has 0 saturated carbocycles. The van der Waals surface area contributed by atoms with Gasteiger partial charge in [-0.1, -0.05) is 158 Å². The number of aromatic nitrogens is 3. The van der Waals surface area contributed by atoms with Crippen molar-refractivity contribution < 1.29 is 0 Å². The second-order valence-corrected chi connectivity index (χ2v) is 13.9. The number of hydrogen-bond acceptors (Lipinski definition) is 3. The van der Waals surface area contributed by atoms with E-state index in [4.69, 9.17) is 15.0 Å². The second kappa shape index (κ2) is 13.6. The molecule has 3 heteroatoms. The lowest BCUT2D eigenvalue weighted by molar-refractivity contribution is 1.23. The number of benzene rings is 8. The molecule has 0 N–H and O–H groups in total. The van der Waals surface area contributed by atoms with Crippen molar-refractivity contribution in [1.29, 1.82) is 0 Å². The fourth-order valence-electron chi connectivity index (χ4n) is 7.92. The molecular formula is C52H35N3. The van der Waals surface area contributed by atoms with E-state index in [-0.39, 0.29) is 0 Å². The molecule has 0 aliphatic carbocycles. The molecule has 0 bridgehead atoms. The summed E-state index contributed by atoms with van der Waals surface area (Å²) in [7, 11) is 0. The number of pyridine rings is 1. The van der Waals surface area contributed by atoms with Crippen LogP contribution in [0.4, 0.5) is 0 Å². The number of nitrogens with zero attached hydrogens (tertiary/aromatic N) is 3. The first-order valence-electron chi connectivity index (χ1n) is 18.7. The van der Waals surface area contributed by atoms with E-state index in [1.165, 1.54) is 26.9 Å². The Morgan fingerprint density at radius 3 is 1.95 bits per heavy atom. The summed E-state index contributed by atoms with van der Waals surface area (Å²) >= 11 is 0. The molecule has 0 fully saturated rings. The summed E-state index contributed by atoms with van der Waals surface area (Å²) in [4.78, 5) is 15.8. The average molecular weight is 702 g/mol. The number of fused-ring (bicyclic) bond motifs is 6. The zero-order valence-corrected chi connectivity index (χ0v) is 30.3. The van der Waals surface area contributed by atoms with Crippen LogP contribution < -0.4 is 0 Å². The van der Waals surface area contributed by atoms with Gasteiger partial charge in [-0.25, -0.2) is 15.0 Å². The molecule has 2 aromatic heterocycles. The zero-order valence-electron chi connectivity index (χ0n) is 30.3. The van der Waals surface area contributed by atoms with Gasteiger partial charge in [-0.3, -0.25) is 0 Å². The van der Waals surface area contributed by atoms with Gasteiger partial charge >= 0.3 is 0 Å². The van der Waals surface area contributed by atoms with Gasteiger partial charge in [-0.05, 0) is 81.6 Å². The first-order chi connectivity index (χ1) is 27.2. The van der Waals surface area contributed by atoms with Crippen molar-refractivity contribution in [3.05, 3.63) is 194 Å². The van der Waals surface area contributed by atoms with Gasteiger partial charge in [0.2, 0.25) is 0 Å². The van der Waals surface area contributed by atoms with Crippen molar-refractivity contribution in [2.24, 2.45) is 0 Å². The SMILES string of the molecule is C/C=C\C=C/c1cc(-c2cccc(-c3nc(-c4cccc5ccccc45)c4ccccc4n3)c2)cc2c(-c3ccc4ccccc4c3)nc3ccccc3c12. The predicted octanol–water partition coefficient (Wildman–Crippen LogP) is 13.9. The van der Waals surface area contributed by atoms with Crippen LogP contribution in [0.5, 0.6) is 0 Å². The van der Waals surface area contributed by atoms with Crippen LogP contribution in [0.1, 0.15) is 12.5 Å². The molecule has 0 saturated heterocycles. The molecule has 0 unspecified atom stereocenters. The Kier molecular flexibility index (Phi) is 8.04. The number of hydrogen-bond donors (Lipinski definition) is 0. The highest BCUT2D eigenvalue weighted by atomic mass is 14.9. The van der Waals surface area contributed by atoms with Crippen LogP contribution in [-0.2, 0) is 0 Å². The zero-order chi connectivity index (χ0) is 36.7. The fourth-order valence-corrected chi connectivity index (χ4v) is 7.92. The fraction of sp³-hybridized carbons (Fsp3) is 0.0192. The van der Waals surface area contributed by atoms with Crippen LogP contribution in [0.3, 0.4) is 0 Å². The van der Waals surface area contributed by atoms with Crippen LogP contribution in [0, 0.1) is 0 Å². The summed E-state index contributed by atoms with van der Waals surface area (Å²) in [6.45, 7) is 2.04. The van der Waals surface area contributed by atoms with Gasteiger partial charge < -0.3 is 0 Å². The summed E-state index contributed by atoms with van der Waals surface area (Å²) in [6.07, 6.45) is 8.48. The lowest BCUT2D eigenvalue weighted by Gasteiger charge is -2.16. The summed E-state index contributed by atoms with van der Waals surface area (Å²) in [6, 6.07) is 60.2. The molecule has 258 valence electrons. The molecule has 0 aliphatic heterocycles. The van der Waals surface area contributed by atoms with E-state index in [0.29, 0.717) is 5.82 Å². The second-order valence-electron chi connectivity index (χ2n) is 13.9. The van der Waals surface area contributed by atoms with E-state index in [1.807, 2.05) is 13.0 Å². The van der Waals surface area contributed by atoms with E-state index in [1.54, 1.807) is 0 Å². The van der Waals surface area contributed by atoms with Crippen LogP contribution in [-0.4, -0.2) is 15.0 Å². The summed E-state index contributed by atoms with van der Waals surface area (Å²) in [5.74, 6) is 0.696. The monoisotopic (exact) mass is 701 g/mol. The molecule has 3 nitrogen and oxygen atoms in total. The summed E-state index contributed by atoms with van der Waals surface area (Å²) < 4.78 is 0. The van der Waals surface area contributed by atoms with Crippen LogP contribution >= 0.6 is 0 Å². The van der Waals surface area contributed by atoms with Crippen molar-refractivity contribution >= 4 is 60.2 Å². The first-order valence-corrected chi connectivity index (χ1v) is 18.7. The molecule has 10 aromatic rings. The topological polar surface area (TPSA) is 38.7 Å². The molecular weight excluding hydrogens is 667 g/mol. The van der Waals surface area contributed by atoms with Gasteiger partial charge in [0.05, 0.1) is 22.4 Å². The smallest absolute Gasteiger partial charge is 0.160 e. The van der Waals surface area contributed by atoms with Gasteiger partial charge in [-0.2, -0.15) is 0 Å². The highest BCUT2D eigenvalue weighted by molar-refractivity contribution is 6.16. The number of para-hydroxylation sites is 2. The molecule has 0 spiro atoms. The lowest BCUT2D eigenvalue weighted by atomic mass is 9.91. The lowest BCUT2D eigenvalue weighted by Crippen LogP contribution is -1.96. The highest BCUT2D eigenvalue weighted by Crippen LogP contribution is 2.40. The Hall–Kier alpha value is -7.23. The molecule has 55 heavy (non-hydrogen) atoms. The molecule has 2 heterocycles. The van der Waals surface area contributed by atoms with E-state index in [2.05, 4.69) is 188 Å². The van der Waals surface area contributed by atoms with Gasteiger partial charge in [0.1, 0.15) is 0 Å². The quantitative estimate of drug-likeness (QED) is 0.128. The number of allylic oxidation sites excluding steroid dienone is 3. The maximum Gasteiger partial charge on any atom is 0.160 e. The maximum atomic E-state index is 5.35. The minimum absolute atomic E-state index is 0.696. The van der Waals surface area contributed by atoms with E-state index < -0.39 is 0 Å². The van der Waals surface area contributed by atoms with Crippen LogP contribution in [0.2, 0.25) is 0 Å². The third-order valence-corrected chi connectivity index (χ3v) is 10.5. The van der Waals surface area contributed by atoms with Gasteiger partial charge in [0, 0.05) is 38.2 Å². The van der Waals surface area contributed by atoms with Crippen molar-refractivity contribution in [3.63, 3.8) is 0 Å². The van der Waals surface area contributed by atoms with E-state index >= 15 is 0 Å². The van der Waals surface area contributed by atoms with E-state index in [9.17, 15) is 0 Å². The van der Waals surface area contributed by atoms with Crippen molar-refractivity contribution in [3.8, 4) is 45.0 Å². The number of rotatable bonds is 6. The van der Waals surface area contributed by atoms with Crippen LogP contribution in [0.15, 0.2) is 188 Å². The van der Waals surface area contributed by atoms with Gasteiger partial charge in [0.25, 0.3) is 0 Å². The predicted molar refractivity (Wildman–Crippen MR) is 233 cm³/mol. The molecule has 0 atom stereocenters. The third-order valence-electron chi connectivity index (χ3n) is 10.5. The standard InChI is InChI=1S/C52H35N3/c1-2-3-4-18-38-32-41(33-46-49(38)44-23-9-11-26-47(44)53-50(46)39-29-28-34-15-5-6-17-36(34)30-39)37-20-13-21-40(31-37)52-54-48-27-12-10-24-45(48)51(55-52)43-25-14-19-35-16-7-8-22-42(35)43/h2-33H,1H3/b3-2-,18-4-. The molecule has 0 radical (unpaired) electrons. The average Bonchev–Trinajstić information content (AvgIpc) is 3.25. The minimum atomic E-state index is 0.696. The minimum Gasteiger partial charge on any atom is -0.247 e. The third kappa shape index (κ3) is 5.83. The van der Waals surface area contributed by atoms with Crippen molar-refractivity contribution in [2.75, 3.05) is 0 Å². The largest absolute Gasteiger partial charge is 0.247 e. The molecule has 0 amide bonds. The van der Waals surface area contributed by atoms with E-state index in [0.717, 1.165) is 72.0 Å². The molecule has 10 rings (SSSR count). The Balaban J connectivity index is 1.20. The van der Waals surface area contributed by atoms with Gasteiger partial charge in [0.15, 0.2) is 5.82 Å². The summed E-state index contributed by atoms with van der Waals surface area (Å²) in [5.41, 5.74) is 10.3. The molecule has 0 aliphatic rings. The molecule has 8 aromatic carbocycles. The van der Waals surface area contributed by atoms with Crippen molar-refractivity contribution in [2.45, 2.75) is 6.92 Å². The Labute approximate surface area is 319 Å². The van der Waals surface area contributed by atoms with Crippen molar-refractivity contribution in [1.82, 2.24) is 15.0 Å². The van der Waals surface area contributed by atoms with Crippen LogP contribution in [0.25, 0.3) is 105 Å². The Morgan fingerprint density at radius 1 is 0.400 bits per heavy atom. The maximum absolute atomic E-state index is 5.35. The normalized spacial score (nSPS) is 11.9. The highest BCUT2D eigenvalue weighted by Gasteiger charge is 2.17. The summed E-state index contributed by atoms with van der Waals surface area (Å²) in [5, 5.41) is 9.23. The Morgan fingerprint density at radius 2 is 1.09 bits per heavy atom. The Bertz CT molecular complexity index is 3170. The first kappa shape index (κ1) is 32.4.